The summed E-state index contributed by atoms with van der Waals surface area (Å²) in [6.45, 7) is 0. The first-order chi connectivity index (χ1) is 14.5. The standard InChI is InChI=1S/C25H35ClO4/c26-21-16-22(27)24(20(21)10-6-1-2-7-11-23(28)29)17-12-14-19(15-13-17)25(30)18-8-4-3-5-9-18/h1,6,12-15,18,20-22,24-25,27,30H,2-5,7-11,16H2,(H,28,29)/b6-1-/t20-,21?,22+,24+,25?/m0/s1. The molecule has 1 aromatic carbocycles. The van der Waals surface area contributed by atoms with Gasteiger partial charge in [0, 0.05) is 17.7 Å². The van der Waals surface area contributed by atoms with Gasteiger partial charge in [0.1, 0.15) is 0 Å². The molecule has 2 aliphatic carbocycles. The second-order valence-corrected chi connectivity index (χ2v) is 9.57. The van der Waals surface area contributed by atoms with Crippen LogP contribution in [0.4, 0.5) is 0 Å². The Bertz CT molecular complexity index is 696. The first kappa shape index (κ1) is 23.3. The Kier molecular flexibility index (Phi) is 8.79. The van der Waals surface area contributed by atoms with Crippen LogP contribution in [0, 0.1) is 11.8 Å². The molecule has 2 unspecified atom stereocenters. The van der Waals surface area contributed by atoms with Crippen LogP contribution in [0.1, 0.15) is 87.4 Å². The molecule has 5 heteroatoms. The summed E-state index contributed by atoms with van der Waals surface area (Å²) in [4.78, 5) is 10.6. The molecule has 0 radical (unpaired) electrons. The van der Waals surface area contributed by atoms with E-state index in [0.717, 1.165) is 36.8 Å². The molecule has 2 fully saturated rings. The van der Waals surface area contributed by atoms with Gasteiger partial charge >= 0.3 is 5.97 Å². The Labute approximate surface area is 185 Å². The maximum atomic E-state index is 10.8. The second-order valence-electron chi connectivity index (χ2n) is 9.01. The Morgan fingerprint density at radius 2 is 1.83 bits per heavy atom. The van der Waals surface area contributed by atoms with E-state index in [4.69, 9.17) is 16.7 Å². The highest BCUT2D eigenvalue weighted by molar-refractivity contribution is 6.21. The lowest BCUT2D eigenvalue weighted by atomic mass is 9.81. The van der Waals surface area contributed by atoms with Crippen molar-refractivity contribution in [1.82, 2.24) is 0 Å². The van der Waals surface area contributed by atoms with E-state index in [2.05, 4.69) is 6.08 Å². The highest BCUT2D eigenvalue weighted by Gasteiger charge is 2.41. The average Bonchev–Trinajstić information content (AvgIpc) is 3.03. The van der Waals surface area contributed by atoms with Crippen LogP contribution in [-0.4, -0.2) is 32.8 Å². The largest absolute Gasteiger partial charge is 0.481 e. The van der Waals surface area contributed by atoms with E-state index in [-0.39, 0.29) is 23.6 Å². The summed E-state index contributed by atoms with van der Waals surface area (Å²) in [7, 11) is 0. The third-order valence-corrected chi connectivity index (χ3v) is 7.40. The van der Waals surface area contributed by atoms with Crippen LogP contribution < -0.4 is 0 Å². The number of aliphatic hydroxyl groups is 2. The van der Waals surface area contributed by atoms with Crippen LogP contribution in [0.5, 0.6) is 0 Å². The third-order valence-electron chi connectivity index (χ3n) is 6.90. The first-order valence-electron chi connectivity index (χ1n) is 11.4. The van der Waals surface area contributed by atoms with Crippen LogP contribution >= 0.6 is 11.6 Å². The number of aliphatic hydroxyl groups excluding tert-OH is 2. The number of hydrogen-bond donors (Lipinski definition) is 3. The van der Waals surface area contributed by atoms with Crippen molar-refractivity contribution in [3.63, 3.8) is 0 Å². The quantitative estimate of drug-likeness (QED) is 0.269. The van der Waals surface area contributed by atoms with Crippen LogP contribution in [0.2, 0.25) is 0 Å². The van der Waals surface area contributed by atoms with Crippen molar-refractivity contribution in [2.75, 3.05) is 0 Å². The number of carboxylic acid groups (broad SMARTS) is 1. The minimum Gasteiger partial charge on any atom is -0.481 e. The van der Waals surface area contributed by atoms with E-state index >= 15 is 0 Å². The summed E-state index contributed by atoms with van der Waals surface area (Å²) in [6.07, 6.45) is 12.0. The molecule has 0 amide bonds. The van der Waals surface area contributed by atoms with E-state index < -0.39 is 18.2 Å². The zero-order valence-electron chi connectivity index (χ0n) is 17.6. The van der Waals surface area contributed by atoms with Crippen LogP contribution in [-0.2, 0) is 4.79 Å². The Hall–Kier alpha value is -1.36. The van der Waals surface area contributed by atoms with Gasteiger partial charge in [-0.05, 0) is 61.5 Å². The van der Waals surface area contributed by atoms with E-state index in [1.165, 1.54) is 19.3 Å². The smallest absolute Gasteiger partial charge is 0.303 e. The third kappa shape index (κ3) is 6.09. The molecular weight excluding hydrogens is 400 g/mol. The van der Waals surface area contributed by atoms with Gasteiger partial charge in [-0.15, -0.1) is 11.6 Å². The number of carboxylic acids is 1. The highest BCUT2D eigenvalue weighted by Crippen LogP contribution is 2.45. The summed E-state index contributed by atoms with van der Waals surface area (Å²) >= 11 is 6.57. The number of unbranched alkanes of at least 4 members (excludes halogenated alkanes) is 1. The molecule has 5 atom stereocenters. The topological polar surface area (TPSA) is 77.8 Å². The monoisotopic (exact) mass is 434 g/mol. The number of aliphatic carboxylic acids is 1. The van der Waals surface area contributed by atoms with Gasteiger partial charge in [0.25, 0.3) is 0 Å². The van der Waals surface area contributed by atoms with Gasteiger partial charge in [0.2, 0.25) is 0 Å². The van der Waals surface area contributed by atoms with E-state index in [0.29, 0.717) is 18.8 Å². The highest BCUT2D eigenvalue weighted by atomic mass is 35.5. The average molecular weight is 435 g/mol. The fourth-order valence-corrected chi connectivity index (χ4v) is 5.65. The van der Waals surface area contributed by atoms with Crippen molar-refractivity contribution in [2.24, 2.45) is 11.8 Å². The molecule has 4 nitrogen and oxygen atoms in total. The van der Waals surface area contributed by atoms with Gasteiger partial charge in [0.15, 0.2) is 0 Å². The number of carbonyl (C=O) groups is 1. The van der Waals surface area contributed by atoms with Crippen LogP contribution in [0.25, 0.3) is 0 Å². The zero-order chi connectivity index (χ0) is 21.5. The molecule has 2 saturated carbocycles. The summed E-state index contributed by atoms with van der Waals surface area (Å²) < 4.78 is 0. The Morgan fingerprint density at radius 1 is 1.13 bits per heavy atom. The molecule has 0 aromatic heterocycles. The van der Waals surface area contributed by atoms with Gasteiger partial charge < -0.3 is 15.3 Å². The maximum Gasteiger partial charge on any atom is 0.303 e. The second kappa shape index (κ2) is 11.3. The maximum absolute atomic E-state index is 10.8. The molecular formula is C25H35ClO4. The molecule has 3 N–H and O–H groups in total. The molecule has 1 aromatic rings. The number of benzene rings is 1. The SMILES string of the molecule is O=C(O)CCC/C=C\C[C@H]1C(Cl)C[C@@H](O)[C@@H]1c1ccc(C(O)C2CCCCC2)cc1. The molecule has 0 spiro atoms. The van der Waals surface area contributed by atoms with Crippen molar-refractivity contribution in [2.45, 2.75) is 87.7 Å². The van der Waals surface area contributed by atoms with Crippen molar-refractivity contribution in [3.8, 4) is 0 Å². The summed E-state index contributed by atoms with van der Waals surface area (Å²) in [5, 5.41) is 30.0. The molecule has 0 aliphatic heterocycles. The van der Waals surface area contributed by atoms with Gasteiger partial charge in [-0.3, -0.25) is 4.79 Å². The van der Waals surface area contributed by atoms with Gasteiger partial charge in [-0.2, -0.15) is 0 Å². The van der Waals surface area contributed by atoms with Crippen molar-refractivity contribution in [3.05, 3.63) is 47.5 Å². The minimum atomic E-state index is -0.764. The molecule has 3 rings (SSSR count). The van der Waals surface area contributed by atoms with Gasteiger partial charge in [-0.1, -0.05) is 55.7 Å². The molecule has 0 bridgehead atoms. The van der Waals surface area contributed by atoms with Gasteiger partial charge in [-0.25, -0.2) is 0 Å². The zero-order valence-corrected chi connectivity index (χ0v) is 18.4. The predicted molar refractivity (Wildman–Crippen MR) is 120 cm³/mol. The fraction of sp³-hybridized carbons (Fsp3) is 0.640. The Balaban J connectivity index is 1.61. The van der Waals surface area contributed by atoms with Gasteiger partial charge in [0.05, 0.1) is 12.2 Å². The molecule has 0 heterocycles. The van der Waals surface area contributed by atoms with Crippen LogP contribution in [0.3, 0.4) is 0 Å². The summed E-state index contributed by atoms with van der Waals surface area (Å²) in [5.74, 6) is -0.281. The predicted octanol–water partition coefficient (Wildman–Crippen LogP) is 5.57. The first-order valence-corrected chi connectivity index (χ1v) is 11.9. The number of halogens is 1. The summed E-state index contributed by atoms with van der Waals surface area (Å²) in [5.41, 5.74) is 2.05. The minimum absolute atomic E-state index is 0.0166. The summed E-state index contributed by atoms with van der Waals surface area (Å²) in [6, 6.07) is 8.13. The van der Waals surface area contributed by atoms with Crippen molar-refractivity contribution in [1.29, 1.82) is 0 Å². The van der Waals surface area contributed by atoms with Crippen LogP contribution in [0.15, 0.2) is 36.4 Å². The fourth-order valence-electron chi connectivity index (χ4n) is 5.21. The molecule has 30 heavy (non-hydrogen) atoms. The number of alkyl halides is 1. The van der Waals surface area contributed by atoms with E-state index in [1.807, 2.05) is 30.3 Å². The lowest BCUT2D eigenvalue weighted by molar-refractivity contribution is -0.137. The number of rotatable bonds is 9. The lowest BCUT2D eigenvalue weighted by Crippen LogP contribution is -2.19. The molecule has 2 aliphatic rings. The van der Waals surface area contributed by atoms with Crippen molar-refractivity contribution >= 4 is 17.6 Å². The van der Waals surface area contributed by atoms with E-state index in [9.17, 15) is 15.0 Å². The Morgan fingerprint density at radius 3 is 2.50 bits per heavy atom. The number of hydrogen-bond acceptors (Lipinski definition) is 3. The molecule has 0 saturated heterocycles. The lowest BCUT2D eigenvalue weighted by Gasteiger charge is -2.27. The van der Waals surface area contributed by atoms with E-state index in [1.54, 1.807) is 0 Å². The van der Waals surface area contributed by atoms with Crippen molar-refractivity contribution < 1.29 is 20.1 Å². The number of allylic oxidation sites excluding steroid dienone is 2. The normalized spacial score (nSPS) is 28.8. The molecule has 166 valence electrons.